The molecule has 1 unspecified atom stereocenters. The Hall–Kier alpha value is -2.53. The smallest absolute Gasteiger partial charge is 0.313 e. The van der Waals surface area contributed by atoms with E-state index in [-0.39, 0.29) is 24.4 Å². The number of hydrogen-bond donors (Lipinski definition) is 0. The highest BCUT2D eigenvalue weighted by atomic mass is 35.5. The fraction of sp³-hybridized carbons (Fsp3) is 0.364. The van der Waals surface area contributed by atoms with E-state index in [0.29, 0.717) is 23.6 Å². The molecule has 2 aromatic rings. The van der Waals surface area contributed by atoms with Crippen LogP contribution in [0.4, 0.5) is 0 Å². The zero-order chi connectivity index (χ0) is 19.5. The van der Waals surface area contributed by atoms with Crippen molar-refractivity contribution in [1.29, 1.82) is 0 Å². The highest BCUT2D eigenvalue weighted by Crippen LogP contribution is 2.30. The minimum Gasteiger partial charge on any atom is -0.492 e. The van der Waals surface area contributed by atoms with Gasteiger partial charge in [0, 0.05) is 23.7 Å². The molecule has 1 atom stereocenters. The minimum absolute atomic E-state index is 0.0673. The van der Waals surface area contributed by atoms with Crippen LogP contribution >= 0.6 is 11.6 Å². The monoisotopic (exact) mass is 399 g/mol. The summed E-state index contributed by atoms with van der Waals surface area (Å²) < 4.78 is 11.1. The molecule has 0 bridgehead atoms. The molecule has 2 aliphatic heterocycles. The van der Waals surface area contributed by atoms with Gasteiger partial charge in [0.2, 0.25) is 0 Å². The van der Waals surface area contributed by atoms with Crippen LogP contribution in [0.25, 0.3) is 0 Å². The summed E-state index contributed by atoms with van der Waals surface area (Å²) in [6, 6.07) is 12.7. The van der Waals surface area contributed by atoms with E-state index in [1.807, 2.05) is 29.2 Å². The van der Waals surface area contributed by atoms with Gasteiger partial charge in [0.25, 0.3) is 5.91 Å². The number of carbonyl (C=O) groups is 2. The Morgan fingerprint density at radius 2 is 1.86 bits per heavy atom. The van der Waals surface area contributed by atoms with Crippen molar-refractivity contribution in [3.63, 3.8) is 0 Å². The molecule has 0 N–H and O–H groups in total. The number of halogens is 1. The summed E-state index contributed by atoms with van der Waals surface area (Å²) in [5.41, 5.74) is 2.45. The van der Waals surface area contributed by atoms with Crippen LogP contribution in [0.2, 0.25) is 5.02 Å². The molecule has 1 fully saturated rings. The van der Waals surface area contributed by atoms with Gasteiger partial charge in [-0.15, -0.1) is 0 Å². The van der Waals surface area contributed by atoms with Crippen LogP contribution in [0.15, 0.2) is 42.5 Å². The number of esters is 1. The van der Waals surface area contributed by atoms with Gasteiger partial charge < -0.3 is 14.4 Å². The Balaban J connectivity index is 1.32. The lowest BCUT2D eigenvalue weighted by Gasteiger charge is -2.24. The number of ether oxygens (including phenoxy) is 2. The van der Waals surface area contributed by atoms with E-state index < -0.39 is 0 Å². The third-order valence-corrected chi connectivity index (χ3v) is 5.47. The molecule has 4 rings (SSSR count). The molecule has 1 saturated heterocycles. The summed E-state index contributed by atoms with van der Waals surface area (Å²) in [7, 11) is 0. The summed E-state index contributed by atoms with van der Waals surface area (Å²) in [5, 5.41) is 0.625. The van der Waals surface area contributed by atoms with E-state index >= 15 is 0 Å². The molecule has 2 heterocycles. The summed E-state index contributed by atoms with van der Waals surface area (Å²) in [6.45, 7) is 2.14. The van der Waals surface area contributed by atoms with Gasteiger partial charge in [0.1, 0.15) is 19.0 Å². The first kappa shape index (κ1) is 18.8. The predicted octanol–water partition coefficient (Wildman–Crippen LogP) is 3.87. The van der Waals surface area contributed by atoms with Crippen LogP contribution in [-0.4, -0.2) is 36.5 Å². The molecule has 0 aromatic heterocycles. The van der Waals surface area contributed by atoms with Crippen LogP contribution in [0.3, 0.4) is 0 Å². The first-order valence-electron chi connectivity index (χ1n) is 9.56. The lowest BCUT2D eigenvalue weighted by Crippen LogP contribution is -2.29. The molecular formula is C22H22ClNO4. The van der Waals surface area contributed by atoms with E-state index in [1.165, 1.54) is 0 Å². The van der Waals surface area contributed by atoms with Crippen molar-refractivity contribution in [2.45, 2.75) is 25.9 Å². The molecule has 28 heavy (non-hydrogen) atoms. The number of rotatable bonds is 4. The number of carbonyl (C=O) groups excluding carboxylic acids is 2. The van der Waals surface area contributed by atoms with E-state index in [2.05, 4.69) is 0 Å². The maximum Gasteiger partial charge on any atom is 0.313 e. The number of hydrogen-bond acceptors (Lipinski definition) is 4. The highest BCUT2D eigenvalue weighted by Gasteiger charge is 2.27. The van der Waals surface area contributed by atoms with Gasteiger partial charge in [-0.25, -0.2) is 0 Å². The third-order valence-electron chi connectivity index (χ3n) is 5.24. The van der Waals surface area contributed by atoms with Gasteiger partial charge in [-0.2, -0.15) is 0 Å². The van der Waals surface area contributed by atoms with Gasteiger partial charge in [0.15, 0.2) is 0 Å². The average Bonchev–Trinajstić information content (AvgIpc) is 3.26. The normalized spacial score (nSPS) is 18.3. The summed E-state index contributed by atoms with van der Waals surface area (Å²) in [4.78, 5) is 26.7. The Morgan fingerprint density at radius 3 is 2.61 bits per heavy atom. The standard InChI is InChI=1S/C22H22ClNO4/c23-19-7-8-20-17(12-19)11-18(14-27-20)22(26)28-13-15-3-5-16(6-4-15)21(25)24-9-1-2-10-24/h3-8,12,18H,1-2,9-11,13-14H2. The second-order valence-electron chi connectivity index (χ2n) is 7.27. The van der Waals surface area contributed by atoms with Gasteiger partial charge in [-0.1, -0.05) is 23.7 Å². The van der Waals surface area contributed by atoms with Crippen LogP contribution in [-0.2, 0) is 22.6 Å². The van der Waals surface area contributed by atoms with Crippen molar-refractivity contribution >= 4 is 23.5 Å². The predicted molar refractivity (Wildman–Crippen MR) is 106 cm³/mol. The zero-order valence-corrected chi connectivity index (χ0v) is 16.3. The van der Waals surface area contributed by atoms with E-state index in [0.717, 1.165) is 42.8 Å². The molecule has 2 aromatic carbocycles. The van der Waals surface area contributed by atoms with Gasteiger partial charge >= 0.3 is 5.97 Å². The molecule has 1 amide bonds. The van der Waals surface area contributed by atoms with Crippen molar-refractivity contribution in [2.24, 2.45) is 5.92 Å². The topological polar surface area (TPSA) is 55.8 Å². The molecular weight excluding hydrogens is 378 g/mol. The molecule has 0 saturated carbocycles. The summed E-state index contributed by atoms with van der Waals surface area (Å²) in [6.07, 6.45) is 2.70. The van der Waals surface area contributed by atoms with Crippen LogP contribution < -0.4 is 4.74 Å². The second kappa shape index (κ2) is 8.23. The minimum atomic E-state index is -0.345. The first-order valence-corrected chi connectivity index (χ1v) is 9.94. The lowest BCUT2D eigenvalue weighted by atomic mass is 9.97. The number of nitrogens with zero attached hydrogens (tertiary/aromatic N) is 1. The van der Waals surface area contributed by atoms with Crippen LogP contribution in [0.1, 0.15) is 34.3 Å². The average molecular weight is 400 g/mol. The molecule has 0 spiro atoms. The van der Waals surface area contributed by atoms with Gasteiger partial charge in [0.05, 0.1) is 5.92 Å². The van der Waals surface area contributed by atoms with Crippen molar-refractivity contribution < 1.29 is 19.1 Å². The maximum atomic E-state index is 12.4. The largest absolute Gasteiger partial charge is 0.492 e. The van der Waals surface area contributed by atoms with Crippen molar-refractivity contribution in [2.75, 3.05) is 19.7 Å². The van der Waals surface area contributed by atoms with Gasteiger partial charge in [-0.3, -0.25) is 9.59 Å². The zero-order valence-electron chi connectivity index (χ0n) is 15.5. The van der Waals surface area contributed by atoms with E-state index in [1.54, 1.807) is 18.2 Å². The molecule has 0 aliphatic carbocycles. The van der Waals surface area contributed by atoms with Crippen molar-refractivity contribution in [1.82, 2.24) is 4.90 Å². The quantitative estimate of drug-likeness (QED) is 0.732. The van der Waals surface area contributed by atoms with Crippen LogP contribution in [0, 0.1) is 5.92 Å². The Kier molecular flexibility index (Phi) is 5.53. The Morgan fingerprint density at radius 1 is 1.11 bits per heavy atom. The molecule has 6 heteroatoms. The number of benzene rings is 2. The maximum absolute atomic E-state index is 12.4. The molecule has 146 valence electrons. The fourth-order valence-corrected chi connectivity index (χ4v) is 3.83. The van der Waals surface area contributed by atoms with Crippen LogP contribution in [0.5, 0.6) is 5.75 Å². The lowest BCUT2D eigenvalue weighted by molar-refractivity contribution is -0.151. The fourth-order valence-electron chi connectivity index (χ4n) is 3.63. The second-order valence-corrected chi connectivity index (χ2v) is 7.70. The third kappa shape index (κ3) is 4.14. The SMILES string of the molecule is O=C(OCc1ccc(C(=O)N2CCCC2)cc1)C1COc2ccc(Cl)cc2C1. The van der Waals surface area contributed by atoms with Crippen molar-refractivity contribution in [3.8, 4) is 5.75 Å². The highest BCUT2D eigenvalue weighted by molar-refractivity contribution is 6.30. The Labute approximate surface area is 169 Å². The molecule has 2 aliphatic rings. The summed E-state index contributed by atoms with van der Waals surface area (Å²) in [5.74, 6) is 0.203. The number of amides is 1. The number of fused-ring (bicyclic) bond motifs is 1. The van der Waals surface area contributed by atoms with E-state index in [4.69, 9.17) is 21.1 Å². The Bertz CT molecular complexity index is 875. The molecule has 0 radical (unpaired) electrons. The summed E-state index contributed by atoms with van der Waals surface area (Å²) >= 11 is 6.02. The molecule has 5 nitrogen and oxygen atoms in total. The van der Waals surface area contributed by atoms with Crippen molar-refractivity contribution in [3.05, 3.63) is 64.2 Å². The number of likely N-dealkylation sites (tertiary alicyclic amines) is 1. The first-order chi connectivity index (χ1) is 13.6. The van der Waals surface area contributed by atoms with Gasteiger partial charge in [-0.05, 0) is 60.7 Å². The van der Waals surface area contributed by atoms with E-state index in [9.17, 15) is 9.59 Å².